The van der Waals surface area contributed by atoms with E-state index in [1.165, 1.54) is 30.4 Å². The normalized spacial score (nSPS) is 34.2. The molecule has 1 aromatic carbocycles. The molecule has 0 radical (unpaired) electrons. The van der Waals surface area contributed by atoms with Gasteiger partial charge in [0, 0.05) is 13.0 Å². The van der Waals surface area contributed by atoms with Crippen molar-refractivity contribution in [1.82, 2.24) is 4.90 Å². The summed E-state index contributed by atoms with van der Waals surface area (Å²) in [4.78, 5) is 14.9. The van der Waals surface area contributed by atoms with Gasteiger partial charge in [-0.1, -0.05) is 30.7 Å². The lowest BCUT2D eigenvalue weighted by atomic mass is 9.87. The lowest BCUT2D eigenvalue weighted by Crippen LogP contribution is -2.37. The predicted octanol–water partition coefficient (Wildman–Crippen LogP) is 3.57. The molecule has 3 aliphatic rings. The van der Waals surface area contributed by atoms with Gasteiger partial charge in [0.05, 0.1) is 6.04 Å². The van der Waals surface area contributed by atoms with Gasteiger partial charge in [-0.2, -0.15) is 0 Å². The van der Waals surface area contributed by atoms with Crippen molar-refractivity contribution in [2.45, 2.75) is 44.6 Å². The number of amides is 1. The van der Waals surface area contributed by atoms with Gasteiger partial charge in [-0.25, -0.2) is 0 Å². The highest BCUT2D eigenvalue weighted by Crippen LogP contribution is 2.49. The number of hydrogen-bond acceptors (Lipinski definition) is 1. The van der Waals surface area contributed by atoms with Crippen molar-refractivity contribution >= 4 is 5.91 Å². The molecular formula is C18H23NO. The van der Waals surface area contributed by atoms with E-state index in [1.807, 2.05) is 7.05 Å². The molecule has 0 spiro atoms. The summed E-state index contributed by atoms with van der Waals surface area (Å²) in [5.74, 6) is 2.27. The minimum absolute atomic E-state index is 0.317. The second-order valence-electron chi connectivity index (χ2n) is 6.98. The molecular weight excluding hydrogens is 246 g/mol. The lowest BCUT2D eigenvalue weighted by Gasteiger charge is -2.31. The molecule has 4 rings (SSSR count). The van der Waals surface area contributed by atoms with Gasteiger partial charge >= 0.3 is 0 Å². The van der Waals surface area contributed by atoms with Crippen LogP contribution < -0.4 is 0 Å². The molecule has 0 aliphatic heterocycles. The van der Waals surface area contributed by atoms with E-state index in [2.05, 4.69) is 29.2 Å². The number of carbonyl (C=O) groups is 1. The highest BCUT2D eigenvalue weighted by molar-refractivity contribution is 5.80. The van der Waals surface area contributed by atoms with Crippen molar-refractivity contribution in [2.24, 2.45) is 17.8 Å². The SMILES string of the molecule is CN(C(=O)[C@H]1C[C@H]2CC[C@H]1C2)[C@H]1CCc2ccccc21. The average Bonchev–Trinajstić information content (AvgIpc) is 3.19. The van der Waals surface area contributed by atoms with Gasteiger partial charge in [-0.3, -0.25) is 4.79 Å². The zero-order valence-electron chi connectivity index (χ0n) is 12.2. The third-order valence-electron chi connectivity index (χ3n) is 5.97. The Balaban J connectivity index is 1.53. The van der Waals surface area contributed by atoms with Crippen LogP contribution in [0, 0.1) is 17.8 Å². The third kappa shape index (κ3) is 1.81. The van der Waals surface area contributed by atoms with Gasteiger partial charge in [0.1, 0.15) is 0 Å². The number of hydrogen-bond donors (Lipinski definition) is 0. The molecule has 1 amide bonds. The van der Waals surface area contributed by atoms with Crippen LogP contribution in [0.1, 0.15) is 49.3 Å². The van der Waals surface area contributed by atoms with E-state index in [9.17, 15) is 4.79 Å². The zero-order chi connectivity index (χ0) is 13.7. The monoisotopic (exact) mass is 269 g/mol. The van der Waals surface area contributed by atoms with E-state index in [0.29, 0.717) is 23.8 Å². The Morgan fingerprint density at radius 2 is 2.00 bits per heavy atom. The molecule has 2 saturated carbocycles. The molecule has 0 heterocycles. The second kappa shape index (κ2) is 4.61. The molecule has 1 aromatic rings. The Morgan fingerprint density at radius 3 is 2.75 bits per heavy atom. The first-order chi connectivity index (χ1) is 9.74. The molecule has 0 N–H and O–H groups in total. The summed E-state index contributed by atoms with van der Waals surface area (Å²) < 4.78 is 0. The third-order valence-corrected chi connectivity index (χ3v) is 5.97. The zero-order valence-corrected chi connectivity index (χ0v) is 12.2. The van der Waals surface area contributed by atoms with Crippen LogP contribution in [-0.4, -0.2) is 17.9 Å². The Hall–Kier alpha value is -1.31. The van der Waals surface area contributed by atoms with E-state index in [-0.39, 0.29) is 0 Å². The molecule has 20 heavy (non-hydrogen) atoms. The summed E-state index contributed by atoms with van der Waals surface area (Å²) in [5.41, 5.74) is 2.82. The fourth-order valence-electron chi connectivity index (χ4n) is 4.90. The summed E-state index contributed by atoms with van der Waals surface area (Å²) in [5, 5.41) is 0. The maximum absolute atomic E-state index is 12.9. The van der Waals surface area contributed by atoms with Crippen LogP contribution in [0.5, 0.6) is 0 Å². The maximum atomic E-state index is 12.9. The standard InChI is InChI=1S/C18H23NO/c1-19(17-9-8-13-4-2-3-5-15(13)17)18(20)16-11-12-6-7-14(16)10-12/h2-5,12,14,16-17H,6-11H2,1H3/t12-,14-,16-,17-/m0/s1. The van der Waals surface area contributed by atoms with Crippen LogP contribution in [-0.2, 0) is 11.2 Å². The summed E-state index contributed by atoms with van der Waals surface area (Å²) >= 11 is 0. The largest absolute Gasteiger partial charge is 0.338 e. The lowest BCUT2D eigenvalue weighted by molar-refractivity contribution is -0.138. The number of aryl methyl sites for hydroxylation is 1. The number of benzene rings is 1. The van der Waals surface area contributed by atoms with Crippen LogP contribution in [0.3, 0.4) is 0 Å². The fraction of sp³-hybridized carbons (Fsp3) is 0.611. The van der Waals surface area contributed by atoms with Crippen LogP contribution in [0.15, 0.2) is 24.3 Å². The van der Waals surface area contributed by atoms with E-state index in [4.69, 9.17) is 0 Å². The van der Waals surface area contributed by atoms with Crippen molar-refractivity contribution < 1.29 is 4.79 Å². The Kier molecular flexibility index (Phi) is 2.87. The van der Waals surface area contributed by atoms with Crippen molar-refractivity contribution in [3.8, 4) is 0 Å². The van der Waals surface area contributed by atoms with Crippen LogP contribution in [0.4, 0.5) is 0 Å². The van der Waals surface area contributed by atoms with Crippen molar-refractivity contribution in [2.75, 3.05) is 7.05 Å². The molecule has 2 fully saturated rings. The van der Waals surface area contributed by atoms with E-state index in [0.717, 1.165) is 25.2 Å². The molecule has 106 valence electrons. The van der Waals surface area contributed by atoms with E-state index < -0.39 is 0 Å². The van der Waals surface area contributed by atoms with E-state index in [1.54, 1.807) is 0 Å². The second-order valence-corrected chi connectivity index (χ2v) is 6.98. The number of nitrogens with zero attached hydrogens (tertiary/aromatic N) is 1. The molecule has 2 heteroatoms. The fourth-order valence-corrected chi connectivity index (χ4v) is 4.90. The number of rotatable bonds is 2. The first kappa shape index (κ1) is 12.4. The summed E-state index contributed by atoms with van der Waals surface area (Å²) in [7, 11) is 2.03. The maximum Gasteiger partial charge on any atom is 0.226 e. The molecule has 0 saturated heterocycles. The number of carbonyl (C=O) groups excluding carboxylic acids is 1. The molecule has 3 aliphatic carbocycles. The topological polar surface area (TPSA) is 20.3 Å². The predicted molar refractivity (Wildman–Crippen MR) is 79.2 cm³/mol. The number of fused-ring (bicyclic) bond motifs is 3. The highest BCUT2D eigenvalue weighted by atomic mass is 16.2. The summed E-state index contributed by atoms with van der Waals surface area (Å²) in [6.07, 6.45) is 7.34. The van der Waals surface area contributed by atoms with Gasteiger partial charge < -0.3 is 4.90 Å². The van der Waals surface area contributed by atoms with Gasteiger partial charge in [0.25, 0.3) is 0 Å². The van der Waals surface area contributed by atoms with Crippen LogP contribution in [0.2, 0.25) is 0 Å². The molecule has 2 nitrogen and oxygen atoms in total. The molecule has 0 unspecified atom stereocenters. The Bertz CT molecular complexity index is 538. The quantitative estimate of drug-likeness (QED) is 0.803. The van der Waals surface area contributed by atoms with Gasteiger partial charge in [0.2, 0.25) is 5.91 Å². The molecule has 2 bridgehead atoms. The van der Waals surface area contributed by atoms with Crippen molar-refractivity contribution in [3.63, 3.8) is 0 Å². The minimum Gasteiger partial charge on any atom is -0.338 e. The smallest absolute Gasteiger partial charge is 0.226 e. The first-order valence-electron chi connectivity index (χ1n) is 8.08. The van der Waals surface area contributed by atoms with Gasteiger partial charge in [0.15, 0.2) is 0 Å². The summed E-state index contributed by atoms with van der Waals surface area (Å²) in [6, 6.07) is 8.95. The van der Waals surface area contributed by atoms with Crippen molar-refractivity contribution in [3.05, 3.63) is 35.4 Å². The minimum atomic E-state index is 0.317. The first-order valence-corrected chi connectivity index (χ1v) is 8.08. The van der Waals surface area contributed by atoms with E-state index >= 15 is 0 Å². The molecule has 0 aromatic heterocycles. The van der Waals surface area contributed by atoms with Gasteiger partial charge in [-0.05, 0) is 55.1 Å². The average molecular weight is 269 g/mol. The molecule has 4 atom stereocenters. The Morgan fingerprint density at radius 1 is 1.15 bits per heavy atom. The van der Waals surface area contributed by atoms with Crippen LogP contribution in [0.25, 0.3) is 0 Å². The van der Waals surface area contributed by atoms with Crippen LogP contribution >= 0.6 is 0 Å². The summed E-state index contributed by atoms with van der Waals surface area (Å²) in [6.45, 7) is 0. The highest BCUT2D eigenvalue weighted by Gasteiger charge is 2.45. The van der Waals surface area contributed by atoms with Crippen molar-refractivity contribution in [1.29, 1.82) is 0 Å². The Labute approximate surface area is 121 Å². The van der Waals surface area contributed by atoms with Gasteiger partial charge in [-0.15, -0.1) is 0 Å².